The molecule has 1 saturated carbocycles. The minimum atomic E-state index is -3.91. The number of halogens is 1. The number of rotatable bonds is 7. The van der Waals surface area contributed by atoms with Crippen LogP contribution in [0.3, 0.4) is 0 Å². The third-order valence-electron chi connectivity index (χ3n) is 6.45. The van der Waals surface area contributed by atoms with E-state index in [1.807, 2.05) is 24.4 Å². The fourth-order valence-electron chi connectivity index (χ4n) is 4.85. The summed E-state index contributed by atoms with van der Waals surface area (Å²) in [5.41, 5.74) is 3.07. The molecule has 1 aromatic rings. The zero-order valence-corrected chi connectivity index (χ0v) is 17.6. The Morgan fingerprint density at radius 3 is 2.69 bits per heavy atom. The van der Waals surface area contributed by atoms with Gasteiger partial charge >= 0.3 is 0 Å². The van der Waals surface area contributed by atoms with E-state index in [2.05, 4.69) is 21.6 Å². The third kappa shape index (κ3) is 4.69. The van der Waals surface area contributed by atoms with Crippen LogP contribution in [0.25, 0.3) is 0 Å². The van der Waals surface area contributed by atoms with Crippen LogP contribution in [0.2, 0.25) is 0 Å². The first-order chi connectivity index (χ1) is 14.1. The zero-order valence-electron chi connectivity index (χ0n) is 16.8. The maximum absolute atomic E-state index is 13.4. The number of sulfonamides is 1. The quantitative estimate of drug-likeness (QED) is 0.704. The summed E-state index contributed by atoms with van der Waals surface area (Å²) in [5.74, 6) is 0.729. The van der Waals surface area contributed by atoms with Crippen LogP contribution in [0.4, 0.5) is 10.1 Å². The van der Waals surface area contributed by atoms with E-state index in [0.29, 0.717) is 19.8 Å². The molecule has 1 unspecified atom stereocenters. The number of hydrogen-bond donors (Lipinski definition) is 2. The van der Waals surface area contributed by atoms with Crippen molar-refractivity contribution in [2.75, 3.05) is 30.7 Å². The van der Waals surface area contributed by atoms with Gasteiger partial charge in [-0.05, 0) is 30.4 Å². The van der Waals surface area contributed by atoms with Crippen molar-refractivity contribution in [3.05, 3.63) is 41.7 Å². The Kier molecular flexibility index (Phi) is 6.29. The highest BCUT2D eigenvalue weighted by atomic mass is 32.2. The number of hydrogen-bond acceptors (Lipinski definition) is 5. The van der Waals surface area contributed by atoms with Gasteiger partial charge in [-0.1, -0.05) is 43.9 Å². The first-order valence-corrected chi connectivity index (χ1v) is 12.2. The summed E-state index contributed by atoms with van der Waals surface area (Å²) in [6, 6.07) is 6.60. The number of nitrogens with one attached hydrogen (secondary N) is 2. The lowest BCUT2D eigenvalue weighted by Gasteiger charge is -2.35. The maximum atomic E-state index is 13.4. The molecule has 0 bridgehead atoms. The van der Waals surface area contributed by atoms with E-state index in [1.54, 1.807) is 0 Å². The molecule has 0 radical (unpaired) electrons. The van der Waals surface area contributed by atoms with Crippen LogP contribution in [0.1, 0.15) is 45.5 Å². The number of benzene rings is 1. The van der Waals surface area contributed by atoms with E-state index < -0.39 is 16.0 Å². The lowest BCUT2D eigenvalue weighted by Crippen LogP contribution is -2.45. The molecular weight excluding hydrogens is 391 g/mol. The number of para-hydroxylation sites is 1. The van der Waals surface area contributed by atoms with Gasteiger partial charge in [0.25, 0.3) is 0 Å². The largest absolute Gasteiger partial charge is 0.372 e. The van der Waals surface area contributed by atoms with E-state index in [4.69, 9.17) is 0 Å². The molecular formula is C21H33FN4O2S. The Bertz CT molecular complexity index is 845. The van der Waals surface area contributed by atoms with Gasteiger partial charge in [0.05, 0.1) is 13.2 Å². The summed E-state index contributed by atoms with van der Waals surface area (Å²) in [6.07, 6.45) is 9.13. The number of nitrogens with zero attached hydrogens (tertiary/aromatic N) is 2. The molecule has 162 valence electrons. The van der Waals surface area contributed by atoms with Crippen LogP contribution in [-0.2, 0) is 16.6 Å². The summed E-state index contributed by atoms with van der Waals surface area (Å²) >= 11 is 0. The van der Waals surface area contributed by atoms with Crippen molar-refractivity contribution >= 4 is 15.7 Å². The van der Waals surface area contributed by atoms with Gasteiger partial charge in [-0.15, -0.1) is 0 Å². The second-order valence-electron chi connectivity index (χ2n) is 8.38. The van der Waals surface area contributed by atoms with Crippen molar-refractivity contribution in [1.82, 2.24) is 14.9 Å². The van der Waals surface area contributed by atoms with Gasteiger partial charge < -0.3 is 15.5 Å². The Morgan fingerprint density at radius 1 is 1.17 bits per heavy atom. The fourth-order valence-corrected chi connectivity index (χ4v) is 5.73. The van der Waals surface area contributed by atoms with Crippen LogP contribution < -0.4 is 15.5 Å². The number of alkyl halides is 1. The molecule has 1 aliphatic carbocycles. The smallest absolute Gasteiger partial charge is 0.243 e. The molecule has 29 heavy (non-hydrogen) atoms. The molecule has 2 heterocycles. The molecule has 4 rings (SSSR count). The number of fused-ring (bicyclic) bond motifs is 1. The van der Waals surface area contributed by atoms with Gasteiger partial charge in [-0.2, -0.15) is 4.31 Å². The van der Waals surface area contributed by atoms with E-state index >= 15 is 0 Å². The maximum Gasteiger partial charge on any atom is 0.243 e. The topological polar surface area (TPSA) is 64.7 Å². The first kappa shape index (κ1) is 20.5. The number of anilines is 1. The summed E-state index contributed by atoms with van der Waals surface area (Å²) < 4.78 is 39.7. The molecule has 2 N–H and O–H groups in total. The van der Waals surface area contributed by atoms with Gasteiger partial charge in [-0.3, -0.25) is 0 Å². The Morgan fingerprint density at radius 2 is 1.97 bits per heavy atom. The molecule has 0 spiro atoms. The van der Waals surface area contributed by atoms with Crippen molar-refractivity contribution in [3.63, 3.8) is 0 Å². The lowest BCUT2D eigenvalue weighted by molar-refractivity contribution is 0.346. The molecule has 1 fully saturated rings. The predicted octanol–water partition coefficient (Wildman–Crippen LogP) is 3.14. The van der Waals surface area contributed by atoms with E-state index in [1.165, 1.54) is 30.0 Å². The summed E-state index contributed by atoms with van der Waals surface area (Å²) in [4.78, 5) is 2.32. The predicted molar refractivity (Wildman–Crippen MR) is 115 cm³/mol. The Labute approximate surface area is 174 Å². The van der Waals surface area contributed by atoms with Crippen LogP contribution in [-0.4, -0.2) is 44.5 Å². The van der Waals surface area contributed by atoms with E-state index in [-0.39, 0.29) is 14.0 Å². The molecule has 1 atom stereocenters. The minimum Gasteiger partial charge on any atom is -0.372 e. The first-order valence-electron chi connectivity index (χ1n) is 10.6. The average Bonchev–Trinajstić information content (AvgIpc) is 3.40. The van der Waals surface area contributed by atoms with Gasteiger partial charge in [0, 0.05) is 38.1 Å². The van der Waals surface area contributed by atoms with Gasteiger partial charge in [0.15, 0.2) is 0 Å². The van der Waals surface area contributed by atoms with Crippen molar-refractivity contribution in [2.24, 2.45) is 5.92 Å². The van der Waals surface area contributed by atoms with Gasteiger partial charge in [-0.25, -0.2) is 12.8 Å². The van der Waals surface area contributed by atoms with Gasteiger partial charge in [0.1, 0.15) is 0 Å². The molecule has 6 nitrogen and oxygen atoms in total. The SMILES string of the molecule is O=S(=O)(CF)N1Cc2ccccc2N(CC2=CNCN2)C(CCC2CCCC2)C1.[HH]. The van der Waals surface area contributed by atoms with Crippen LogP contribution in [0.15, 0.2) is 36.2 Å². The van der Waals surface area contributed by atoms with Crippen LogP contribution in [0, 0.1) is 5.92 Å². The van der Waals surface area contributed by atoms with E-state index in [0.717, 1.165) is 35.7 Å². The lowest BCUT2D eigenvalue weighted by atomic mass is 9.97. The minimum absolute atomic E-state index is 0. The standard InChI is InChI=1S/C21H31FN4O2S.H2/c22-15-29(27,28)25-12-18-7-3-4-8-21(18)26(13-19-11-23-16-24-19)20(14-25)10-9-17-5-1-2-6-17;/h3-4,7-8,11,17,20,23-24H,1-2,5-6,9-10,12-16H2;1H. The second kappa shape index (κ2) is 8.92. The normalized spacial score (nSPS) is 23.3. The molecule has 0 saturated heterocycles. The monoisotopic (exact) mass is 424 g/mol. The highest BCUT2D eigenvalue weighted by molar-refractivity contribution is 7.88. The van der Waals surface area contributed by atoms with Crippen LogP contribution >= 0.6 is 0 Å². The van der Waals surface area contributed by atoms with Crippen molar-refractivity contribution < 1.29 is 14.2 Å². The zero-order chi connectivity index (χ0) is 20.3. The Balaban J connectivity index is 0.00000256. The highest BCUT2D eigenvalue weighted by Gasteiger charge is 2.34. The van der Waals surface area contributed by atoms with Gasteiger partial charge in [0.2, 0.25) is 16.0 Å². The molecule has 1 aromatic carbocycles. The van der Waals surface area contributed by atoms with Crippen molar-refractivity contribution in [2.45, 2.75) is 51.1 Å². The summed E-state index contributed by atoms with van der Waals surface area (Å²) in [6.45, 7) is 1.95. The van der Waals surface area contributed by atoms with Crippen molar-refractivity contribution in [3.8, 4) is 0 Å². The third-order valence-corrected chi connectivity index (χ3v) is 7.79. The molecule has 0 aromatic heterocycles. The fraction of sp³-hybridized carbons (Fsp3) is 0.619. The molecule has 8 heteroatoms. The molecule has 2 aliphatic heterocycles. The van der Waals surface area contributed by atoms with Crippen LogP contribution in [0.5, 0.6) is 0 Å². The molecule has 0 amide bonds. The Hall–Kier alpha value is -1.80. The highest BCUT2D eigenvalue weighted by Crippen LogP contribution is 2.34. The molecule has 3 aliphatic rings. The van der Waals surface area contributed by atoms with E-state index in [9.17, 15) is 12.8 Å². The summed E-state index contributed by atoms with van der Waals surface area (Å²) in [5, 5.41) is 6.52. The van der Waals surface area contributed by atoms with Crippen molar-refractivity contribution in [1.29, 1.82) is 0 Å². The average molecular weight is 425 g/mol. The second-order valence-corrected chi connectivity index (χ2v) is 10.3. The summed E-state index contributed by atoms with van der Waals surface area (Å²) in [7, 11) is -3.91.